The Morgan fingerprint density at radius 1 is 1.53 bits per heavy atom. The molecular formula is C13H23N3S. The predicted molar refractivity (Wildman–Crippen MR) is 74.3 cm³/mol. The Balaban J connectivity index is 1.91. The number of imidazole rings is 1. The Hall–Kier alpha value is -0.480. The van der Waals surface area contributed by atoms with Crippen molar-refractivity contribution in [1.29, 1.82) is 0 Å². The summed E-state index contributed by atoms with van der Waals surface area (Å²) in [5.41, 5.74) is 1.46. The van der Waals surface area contributed by atoms with E-state index in [1.54, 1.807) is 0 Å². The molecular weight excluding hydrogens is 230 g/mol. The molecule has 0 aliphatic carbocycles. The molecule has 1 saturated heterocycles. The molecule has 4 heteroatoms. The number of thioether (sulfide) groups is 1. The first-order valence-electron chi connectivity index (χ1n) is 6.40. The molecule has 1 aromatic rings. The summed E-state index contributed by atoms with van der Waals surface area (Å²) in [6.07, 6.45) is 6.69. The molecule has 3 nitrogen and oxygen atoms in total. The van der Waals surface area contributed by atoms with Gasteiger partial charge in [0.05, 0.1) is 12.0 Å². The fourth-order valence-electron chi connectivity index (χ4n) is 2.02. The van der Waals surface area contributed by atoms with E-state index in [0.717, 1.165) is 18.3 Å². The van der Waals surface area contributed by atoms with Crippen LogP contribution in [0, 0.1) is 0 Å². The van der Waals surface area contributed by atoms with Gasteiger partial charge in [-0.05, 0) is 39.4 Å². The highest BCUT2D eigenvalue weighted by Gasteiger charge is 2.17. The van der Waals surface area contributed by atoms with Crippen LogP contribution in [0.2, 0.25) is 0 Å². The topological polar surface area (TPSA) is 29.9 Å². The van der Waals surface area contributed by atoms with E-state index in [1.165, 1.54) is 24.3 Å². The number of nitrogens with zero attached hydrogens (tertiary/aromatic N) is 2. The van der Waals surface area contributed by atoms with Crippen molar-refractivity contribution in [3.8, 4) is 0 Å². The van der Waals surface area contributed by atoms with Crippen molar-refractivity contribution in [2.75, 3.05) is 5.75 Å². The van der Waals surface area contributed by atoms with Crippen LogP contribution in [0.1, 0.15) is 39.3 Å². The number of hydrogen-bond donors (Lipinski definition) is 1. The minimum Gasteiger partial charge on any atom is -0.332 e. The summed E-state index contributed by atoms with van der Waals surface area (Å²) >= 11 is 2.10. The fraction of sp³-hybridized carbons (Fsp3) is 0.769. The molecule has 96 valence electrons. The quantitative estimate of drug-likeness (QED) is 0.894. The number of aromatic nitrogens is 2. The molecule has 1 unspecified atom stereocenters. The van der Waals surface area contributed by atoms with Gasteiger partial charge in [0.25, 0.3) is 0 Å². The van der Waals surface area contributed by atoms with E-state index < -0.39 is 0 Å². The Labute approximate surface area is 108 Å². The van der Waals surface area contributed by atoms with Gasteiger partial charge in [-0.3, -0.25) is 0 Å². The molecule has 17 heavy (non-hydrogen) atoms. The van der Waals surface area contributed by atoms with Gasteiger partial charge in [-0.15, -0.1) is 0 Å². The molecule has 0 saturated carbocycles. The number of nitrogens with one attached hydrogen (secondary N) is 1. The summed E-state index contributed by atoms with van der Waals surface area (Å²) in [5, 5.41) is 4.31. The molecule has 0 radical (unpaired) electrons. The molecule has 1 aromatic heterocycles. The molecule has 1 aliphatic rings. The smallest absolute Gasteiger partial charge is 0.0948 e. The van der Waals surface area contributed by atoms with Crippen LogP contribution in [-0.4, -0.2) is 26.1 Å². The van der Waals surface area contributed by atoms with Crippen LogP contribution in [0.15, 0.2) is 12.5 Å². The van der Waals surface area contributed by atoms with E-state index in [2.05, 4.69) is 47.4 Å². The summed E-state index contributed by atoms with van der Waals surface area (Å²) in [5.74, 6) is 1.33. The highest BCUT2D eigenvalue weighted by molar-refractivity contribution is 8.00. The molecule has 1 atom stereocenters. The van der Waals surface area contributed by atoms with Crippen molar-refractivity contribution >= 4 is 11.8 Å². The van der Waals surface area contributed by atoms with Crippen molar-refractivity contribution in [3.05, 3.63) is 18.2 Å². The van der Waals surface area contributed by atoms with Crippen molar-refractivity contribution in [3.63, 3.8) is 0 Å². The molecule has 1 fully saturated rings. The van der Waals surface area contributed by atoms with Crippen LogP contribution >= 0.6 is 11.8 Å². The monoisotopic (exact) mass is 253 g/mol. The minimum absolute atomic E-state index is 0.164. The zero-order chi connectivity index (χ0) is 12.3. The van der Waals surface area contributed by atoms with Crippen LogP contribution in [0.5, 0.6) is 0 Å². The zero-order valence-corrected chi connectivity index (χ0v) is 11.9. The van der Waals surface area contributed by atoms with Crippen molar-refractivity contribution in [2.45, 2.75) is 57.5 Å². The fourth-order valence-corrected chi connectivity index (χ4v) is 3.29. The molecule has 0 amide bonds. The van der Waals surface area contributed by atoms with Gasteiger partial charge in [0, 0.05) is 30.1 Å². The van der Waals surface area contributed by atoms with Gasteiger partial charge in [0.15, 0.2) is 0 Å². The summed E-state index contributed by atoms with van der Waals surface area (Å²) in [6, 6.07) is 0. The molecule has 2 heterocycles. The van der Waals surface area contributed by atoms with Crippen molar-refractivity contribution in [2.24, 2.45) is 0 Å². The molecule has 1 aliphatic heterocycles. The van der Waals surface area contributed by atoms with Crippen LogP contribution in [0.4, 0.5) is 0 Å². The molecule has 0 spiro atoms. The largest absolute Gasteiger partial charge is 0.332 e. The lowest BCUT2D eigenvalue weighted by Gasteiger charge is -2.21. The predicted octanol–water partition coefficient (Wildman–Crippen LogP) is 2.67. The Morgan fingerprint density at radius 2 is 2.35 bits per heavy atom. The van der Waals surface area contributed by atoms with E-state index in [-0.39, 0.29) is 5.54 Å². The van der Waals surface area contributed by atoms with E-state index in [0.29, 0.717) is 0 Å². The van der Waals surface area contributed by atoms with Crippen LogP contribution in [0.25, 0.3) is 0 Å². The molecule has 0 bridgehead atoms. The van der Waals surface area contributed by atoms with Gasteiger partial charge >= 0.3 is 0 Å². The van der Waals surface area contributed by atoms with Crippen molar-refractivity contribution in [1.82, 2.24) is 14.9 Å². The molecule has 0 aromatic carbocycles. The maximum atomic E-state index is 4.28. The van der Waals surface area contributed by atoms with Crippen LogP contribution < -0.4 is 5.32 Å². The molecule has 2 rings (SSSR count). The average Bonchev–Trinajstić information content (AvgIpc) is 2.86. The third-order valence-corrected chi connectivity index (χ3v) is 4.40. The molecule has 1 N–H and O–H groups in total. The third-order valence-electron chi connectivity index (χ3n) is 3.02. The first kappa shape index (κ1) is 13.0. The second kappa shape index (κ2) is 5.44. The summed E-state index contributed by atoms with van der Waals surface area (Å²) in [6.45, 7) is 8.61. The second-order valence-corrected chi connectivity index (χ2v) is 7.18. The summed E-state index contributed by atoms with van der Waals surface area (Å²) in [4.78, 5) is 4.28. The Kier molecular flexibility index (Phi) is 4.15. The van der Waals surface area contributed by atoms with Crippen LogP contribution in [-0.2, 0) is 13.1 Å². The van der Waals surface area contributed by atoms with Gasteiger partial charge in [0.2, 0.25) is 0 Å². The number of rotatable bonds is 4. The van der Waals surface area contributed by atoms with Crippen molar-refractivity contribution < 1.29 is 0 Å². The van der Waals surface area contributed by atoms with Crippen LogP contribution in [0.3, 0.4) is 0 Å². The van der Waals surface area contributed by atoms with Gasteiger partial charge in [-0.1, -0.05) is 0 Å². The number of hydrogen-bond acceptors (Lipinski definition) is 3. The van der Waals surface area contributed by atoms with E-state index in [9.17, 15) is 0 Å². The highest BCUT2D eigenvalue weighted by Crippen LogP contribution is 2.27. The standard InChI is InChI=1S/C13H23N3S/c1-13(2,3)15-8-11-7-14-10-16(11)9-12-5-4-6-17-12/h7,10,12,15H,4-6,8-9H2,1-3H3. The van der Waals surface area contributed by atoms with E-state index >= 15 is 0 Å². The lowest BCUT2D eigenvalue weighted by atomic mass is 10.1. The minimum atomic E-state index is 0.164. The Morgan fingerprint density at radius 3 is 3.00 bits per heavy atom. The van der Waals surface area contributed by atoms with Gasteiger partial charge < -0.3 is 9.88 Å². The summed E-state index contributed by atoms with van der Waals surface area (Å²) < 4.78 is 2.31. The maximum absolute atomic E-state index is 4.28. The second-order valence-electron chi connectivity index (χ2n) is 5.78. The van der Waals surface area contributed by atoms with E-state index in [4.69, 9.17) is 0 Å². The first-order valence-corrected chi connectivity index (χ1v) is 7.45. The normalized spacial score (nSPS) is 21.0. The Bertz CT molecular complexity index is 348. The third kappa shape index (κ3) is 4.03. The first-order chi connectivity index (χ1) is 8.04. The summed E-state index contributed by atoms with van der Waals surface area (Å²) in [7, 11) is 0. The zero-order valence-electron chi connectivity index (χ0n) is 11.1. The maximum Gasteiger partial charge on any atom is 0.0948 e. The van der Waals surface area contributed by atoms with Gasteiger partial charge in [-0.25, -0.2) is 4.98 Å². The van der Waals surface area contributed by atoms with E-state index in [1.807, 2.05) is 12.5 Å². The average molecular weight is 253 g/mol. The lowest BCUT2D eigenvalue weighted by Crippen LogP contribution is -2.35. The lowest BCUT2D eigenvalue weighted by molar-refractivity contribution is 0.415. The SMILES string of the molecule is CC(C)(C)NCc1cncn1CC1CCCS1. The van der Waals surface area contributed by atoms with Gasteiger partial charge in [-0.2, -0.15) is 11.8 Å². The van der Waals surface area contributed by atoms with Gasteiger partial charge in [0.1, 0.15) is 0 Å². The highest BCUT2D eigenvalue weighted by atomic mass is 32.2.